The van der Waals surface area contributed by atoms with Crippen molar-refractivity contribution in [2.24, 2.45) is 5.73 Å². The van der Waals surface area contributed by atoms with E-state index in [9.17, 15) is 26.7 Å². The molecule has 1 aromatic heterocycles. The Kier molecular flexibility index (Phi) is 7.22. The SMILES string of the molecule is NC(=O)c1cc(OCCOCC(F)(F)F)c2sc(C(F)(F)P(O)O)c(Br)c2c1. The first-order valence-corrected chi connectivity index (χ1v) is 10.1. The van der Waals surface area contributed by atoms with Gasteiger partial charge in [0, 0.05) is 15.4 Å². The number of thiophene rings is 1. The van der Waals surface area contributed by atoms with Crippen LogP contribution in [0.2, 0.25) is 0 Å². The van der Waals surface area contributed by atoms with Crippen molar-refractivity contribution < 1.29 is 46.0 Å². The van der Waals surface area contributed by atoms with Crippen molar-refractivity contribution in [3.8, 4) is 5.75 Å². The van der Waals surface area contributed by atoms with E-state index in [1.807, 2.05) is 0 Å². The van der Waals surface area contributed by atoms with Gasteiger partial charge < -0.3 is 25.0 Å². The largest absolute Gasteiger partial charge is 0.490 e. The highest BCUT2D eigenvalue weighted by molar-refractivity contribution is 9.10. The second kappa shape index (κ2) is 8.72. The van der Waals surface area contributed by atoms with Crippen LogP contribution in [0.4, 0.5) is 22.0 Å². The van der Waals surface area contributed by atoms with Gasteiger partial charge in [0.15, 0.2) is 0 Å². The van der Waals surface area contributed by atoms with Crippen LogP contribution in [0.1, 0.15) is 15.2 Å². The summed E-state index contributed by atoms with van der Waals surface area (Å²) < 4.78 is 73.9. The van der Waals surface area contributed by atoms with Crippen molar-refractivity contribution in [3.63, 3.8) is 0 Å². The fourth-order valence-electron chi connectivity index (χ4n) is 2.07. The molecule has 4 N–H and O–H groups in total. The number of primary amides is 1. The van der Waals surface area contributed by atoms with Crippen molar-refractivity contribution >= 4 is 51.6 Å². The summed E-state index contributed by atoms with van der Waals surface area (Å²) in [6, 6.07) is 2.36. The molecule has 6 nitrogen and oxygen atoms in total. The molecular formula is C14H12BrF5NO5PS. The first-order chi connectivity index (χ1) is 12.8. The minimum atomic E-state index is -4.51. The van der Waals surface area contributed by atoms with Crippen LogP contribution < -0.4 is 10.5 Å². The highest BCUT2D eigenvalue weighted by atomic mass is 79.9. The number of fused-ring (bicyclic) bond motifs is 1. The smallest absolute Gasteiger partial charge is 0.411 e. The molecular weight excluding hydrogens is 500 g/mol. The van der Waals surface area contributed by atoms with Gasteiger partial charge in [-0.15, -0.1) is 11.3 Å². The molecule has 0 saturated heterocycles. The predicted octanol–water partition coefficient (Wildman–Crippen LogP) is 4.07. The second-order valence-corrected chi connectivity index (χ2v) is 8.26. The zero-order chi connectivity index (χ0) is 21.3. The van der Waals surface area contributed by atoms with Crippen LogP contribution in [0, 0.1) is 0 Å². The van der Waals surface area contributed by atoms with Crippen molar-refractivity contribution in [1.82, 2.24) is 0 Å². The zero-order valence-electron chi connectivity index (χ0n) is 13.6. The molecule has 28 heavy (non-hydrogen) atoms. The monoisotopic (exact) mass is 511 g/mol. The van der Waals surface area contributed by atoms with Gasteiger partial charge in [-0.3, -0.25) is 4.79 Å². The van der Waals surface area contributed by atoms with Gasteiger partial charge in [0.1, 0.15) is 19.0 Å². The van der Waals surface area contributed by atoms with Crippen LogP contribution >= 0.6 is 35.6 Å². The molecule has 0 bridgehead atoms. The Bertz CT molecular complexity index is 876. The topological polar surface area (TPSA) is 102 Å². The normalized spacial score (nSPS) is 12.8. The first kappa shape index (κ1) is 23.2. The van der Waals surface area contributed by atoms with E-state index in [0.29, 0.717) is 11.3 Å². The number of benzene rings is 1. The number of halogens is 6. The van der Waals surface area contributed by atoms with E-state index in [-0.39, 0.29) is 32.5 Å². The van der Waals surface area contributed by atoms with Crippen LogP contribution in [0.5, 0.6) is 5.75 Å². The summed E-state index contributed by atoms with van der Waals surface area (Å²) in [6.07, 6.45) is -4.51. The number of ether oxygens (including phenoxy) is 2. The van der Waals surface area contributed by atoms with Crippen molar-refractivity contribution in [1.29, 1.82) is 0 Å². The van der Waals surface area contributed by atoms with E-state index in [1.54, 1.807) is 0 Å². The van der Waals surface area contributed by atoms with Crippen molar-refractivity contribution in [3.05, 3.63) is 27.0 Å². The van der Waals surface area contributed by atoms with E-state index in [0.717, 1.165) is 6.07 Å². The Hall–Kier alpha value is -1.11. The Morgan fingerprint density at radius 2 is 1.86 bits per heavy atom. The molecule has 0 saturated carbocycles. The lowest BCUT2D eigenvalue weighted by molar-refractivity contribution is -0.175. The summed E-state index contributed by atoms with van der Waals surface area (Å²) in [6.45, 7) is -2.29. The molecule has 1 aromatic carbocycles. The Labute approximate surface area is 168 Å². The first-order valence-electron chi connectivity index (χ1n) is 7.24. The molecule has 0 atom stereocenters. The molecule has 14 heteroatoms. The number of nitrogens with two attached hydrogens (primary N) is 1. The van der Waals surface area contributed by atoms with Gasteiger partial charge in [0.2, 0.25) is 14.3 Å². The number of carbonyl (C=O) groups is 1. The van der Waals surface area contributed by atoms with Gasteiger partial charge in [-0.25, -0.2) is 0 Å². The maximum atomic E-state index is 14.1. The third kappa shape index (κ3) is 5.28. The molecule has 2 aromatic rings. The van der Waals surface area contributed by atoms with E-state index < -0.39 is 44.2 Å². The molecule has 2 rings (SSSR count). The number of rotatable bonds is 8. The molecule has 0 aliphatic rings. The van der Waals surface area contributed by atoms with Crippen molar-refractivity contribution in [2.75, 3.05) is 19.8 Å². The van der Waals surface area contributed by atoms with E-state index >= 15 is 0 Å². The average Bonchev–Trinajstić information content (AvgIpc) is 2.91. The number of carbonyl (C=O) groups excluding carboxylic acids is 1. The quantitative estimate of drug-likeness (QED) is 0.282. The second-order valence-electron chi connectivity index (χ2n) is 5.31. The van der Waals surface area contributed by atoms with Crippen LogP contribution in [0.15, 0.2) is 16.6 Å². The highest BCUT2D eigenvalue weighted by Crippen LogP contribution is 2.58. The summed E-state index contributed by atoms with van der Waals surface area (Å²) in [5, 5.41) is 0.0963. The lowest BCUT2D eigenvalue weighted by Gasteiger charge is -2.15. The maximum absolute atomic E-state index is 14.1. The summed E-state index contributed by atoms with van der Waals surface area (Å²) in [5.41, 5.74) is 1.15. The molecule has 0 aliphatic carbocycles. The van der Waals surface area contributed by atoms with Crippen LogP contribution in [0.25, 0.3) is 10.1 Å². The van der Waals surface area contributed by atoms with Gasteiger partial charge >= 0.3 is 11.8 Å². The summed E-state index contributed by atoms with van der Waals surface area (Å²) in [7, 11) is -3.64. The minimum absolute atomic E-state index is 0.0881. The Morgan fingerprint density at radius 1 is 1.21 bits per heavy atom. The molecule has 0 aliphatic heterocycles. The molecule has 1 heterocycles. The maximum Gasteiger partial charge on any atom is 0.411 e. The van der Waals surface area contributed by atoms with Crippen LogP contribution in [-0.2, 0) is 10.4 Å². The number of amides is 1. The number of hydrogen-bond acceptors (Lipinski definition) is 6. The predicted molar refractivity (Wildman–Crippen MR) is 95.7 cm³/mol. The third-order valence-corrected chi connectivity index (χ3v) is 6.51. The van der Waals surface area contributed by atoms with Gasteiger partial charge in [-0.1, -0.05) is 0 Å². The van der Waals surface area contributed by atoms with Gasteiger partial charge in [0.05, 0.1) is 16.2 Å². The molecule has 0 fully saturated rings. The fourth-order valence-corrected chi connectivity index (χ4v) is 4.85. The molecule has 156 valence electrons. The van der Waals surface area contributed by atoms with E-state index in [4.69, 9.17) is 20.3 Å². The van der Waals surface area contributed by atoms with Crippen LogP contribution in [0.3, 0.4) is 0 Å². The number of alkyl halides is 5. The Balaban J connectivity index is 2.37. The molecule has 1 amide bonds. The van der Waals surface area contributed by atoms with Crippen LogP contribution in [-0.4, -0.2) is 41.7 Å². The van der Waals surface area contributed by atoms with E-state index in [1.165, 1.54) is 6.07 Å². The summed E-state index contributed by atoms with van der Waals surface area (Å²) in [4.78, 5) is 28.8. The van der Waals surface area contributed by atoms with Gasteiger partial charge in [-0.05, 0) is 28.1 Å². The third-order valence-electron chi connectivity index (χ3n) is 3.25. The number of hydrogen-bond donors (Lipinski definition) is 3. The molecule has 0 spiro atoms. The van der Waals surface area contributed by atoms with Gasteiger partial charge in [0.25, 0.3) is 0 Å². The van der Waals surface area contributed by atoms with Crippen molar-refractivity contribution in [2.45, 2.75) is 11.8 Å². The van der Waals surface area contributed by atoms with E-state index in [2.05, 4.69) is 20.7 Å². The average molecular weight is 512 g/mol. The highest BCUT2D eigenvalue weighted by Gasteiger charge is 2.45. The lowest BCUT2D eigenvalue weighted by Crippen LogP contribution is -2.19. The summed E-state index contributed by atoms with van der Waals surface area (Å²) >= 11 is 3.43. The minimum Gasteiger partial charge on any atom is -0.490 e. The molecule has 0 radical (unpaired) electrons. The lowest BCUT2D eigenvalue weighted by atomic mass is 10.1. The Morgan fingerprint density at radius 3 is 2.39 bits per heavy atom. The van der Waals surface area contributed by atoms with Gasteiger partial charge in [-0.2, -0.15) is 22.0 Å². The fraction of sp³-hybridized carbons (Fsp3) is 0.357. The standard InChI is InChI=1S/C14H12BrF5NO5PS/c15-9-7-3-6(12(21)22)4-8(26-2-1-25-5-13(16,17)18)10(7)28-11(9)14(19,20)27(23)24/h3-4,23-24H,1-2,5H2,(H2,21,22). The zero-order valence-corrected chi connectivity index (χ0v) is 16.9. The summed E-state index contributed by atoms with van der Waals surface area (Å²) in [5.74, 6) is -0.979. The molecule has 0 unspecified atom stereocenters.